The Morgan fingerprint density at radius 3 is 2.68 bits per heavy atom. The second-order valence-electron chi connectivity index (χ2n) is 4.62. The molecule has 0 bridgehead atoms. The molecule has 1 heterocycles. The lowest BCUT2D eigenvalue weighted by Crippen LogP contribution is -2.11. The van der Waals surface area contributed by atoms with Crippen LogP contribution in [-0.2, 0) is 0 Å². The molecule has 1 aromatic heterocycles. The molecule has 0 amide bonds. The third-order valence-corrected chi connectivity index (χ3v) is 3.46. The molecule has 0 aliphatic heterocycles. The number of nitrogens with zero attached hydrogens (tertiary/aromatic N) is 4. The first-order valence-corrected chi connectivity index (χ1v) is 6.96. The lowest BCUT2D eigenvalue weighted by Gasteiger charge is -2.12. The summed E-state index contributed by atoms with van der Waals surface area (Å²) in [5.41, 5.74) is 1.82. The van der Waals surface area contributed by atoms with E-state index in [2.05, 4.69) is 15.1 Å². The summed E-state index contributed by atoms with van der Waals surface area (Å²) < 4.78 is 13.7. The predicted molar refractivity (Wildman–Crippen MR) is 86.9 cm³/mol. The van der Waals surface area contributed by atoms with Crippen LogP contribution in [0.1, 0.15) is 5.56 Å². The number of rotatable bonds is 3. The van der Waals surface area contributed by atoms with Crippen LogP contribution in [0.4, 0.5) is 10.2 Å². The molecule has 2 aromatic carbocycles. The van der Waals surface area contributed by atoms with E-state index < -0.39 is 5.82 Å². The van der Waals surface area contributed by atoms with E-state index in [0.29, 0.717) is 10.8 Å². The molecular formula is C16H12ClFN4. The number of hydrogen-bond donors (Lipinski definition) is 0. The van der Waals surface area contributed by atoms with Crippen LogP contribution in [0.2, 0.25) is 5.02 Å². The molecule has 0 aliphatic rings. The van der Waals surface area contributed by atoms with Crippen molar-refractivity contribution in [1.29, 1.82) is 0 Å². The first-order valence-electron chi connectivity index (χ1n) is 6.58. The molecule has 0 atom stereocenters. The van der Waals surface area contributed by atoms with Crippen molar-refractivity contribution in [3.05, 3.63) is 65.1 Å². The van der Waals surface area contributed by atoms with Crippen LogP contribution in [-0.4, -0.2) is 23.2 Å². The van der Waals surface area contributed by atoms with Gasteiger partial charge in [0.15, 0.2) is 5.82 Å². The lowest BCUT2D eigenvalue weighted by atomic mass is 10.2. The van der Waals surface area contributed by atoms with E-state index in [1.54, 1.807) is 25.4 Å². The summed E-state index contributed by atoms with van der Waals surface area (Å²) in [6.07, 6.45) is 2.98. The number of para-hydroxylation sites is 2. The Labute approximate surface area is 131 Å². The van der Waals surface area contributed by atoms with Crippen molar-refractivity contribution >= 4 is 34.7 Å². The van der Waals surface area contributed by atoms with E-state index in [9.17, 15) is 4.39 Å². The highest BCUT2D eigenvalue weighted by Gasteiger charge is 2.06. The van der Waals surface area contributed by atoms with E-state index in [0.717, 1.165) is 11.0 Å². The topological polar surface area (TPSA) is 41.4 Å². The van der Waals surface area contributed by atoms with Crippen molar-refractivity contribution in [3.63, 3.8) is 0 Å². The molecule has 4 nitrogen and oxygen atoms in total. The van der Waals surface area contributed by atoms with Crippen molar-refractivity contribution in [3.8, 4) is 0 Å². The first kappa shape index (κ1) is 14.4. The Kier molecular flexibility index (Phi) is 3.98. The number of benzene rings is 2. The number of hydrogen-bond acceptors (Lipinski definition) is 4. The van der Waals surface area contributed by atoms with Crippen molar-refractivity contribution in [1.82, 2.24) is 9.97 Å². The minimum Gasteiger partial charge on any atom is -0.251 e. The van der Waals surface area contributed by atoms with Crippen LogP contribution >= 0.6 is 11.6 Å². The molecule has 0 spiro atoms. The zero-order valence-corrected chi connectivity index (χ0v) is 12.5. The van der Waals surface area contributed by atoms with Crippen LogP contribution in [0, 0.1) is 5.82 Å². The van der Waals surface area contributed by atoms with Crippen molar-refractivity contribution in [2.24, 2.45) is 5.10 Å². The summed E-state index contributed by atoms with van der Waals surface area (Å²) in [5.74, 6) is 0.136. The van der Waals surface area contributed by atoms with E-state index in [1.165, 1.54) is 17.3 Å². The second-order valence-corrected chi connectivity index (χ2v) is 5.03. The molecule has 0 unspecified atom stereocenters. The Bertz CT molecular complexity index is 830. The zero-order chi connectivity index (χ0) is 15.5. The molecule has 0 radical (unpaired) electrons. The Morgan fingerprint density at radius 2 is 1.91 bits per heavy atom. The quantitative estimate of drug-likeness (QED) is 0.544. The van der Waals surface area contributed by atoms with Gasteiger partial charge in [-0.15, -0.1) is 0 Å². The summed E-state index contributed by atoms with van der Waals surface area (Å²) in [6.45, 7) is 0. The highest BCUT2D eigenvalue weighted by Crippen LogP contribution is 2.18. The third-order valence-electron chi connectivity index (χ3n) is 3.13. The number of fused-ring (bicyclic) bond motifs is 1. The molecule has 6 heteroatoms. The fourth-order valence-electron chi connectivity index (χ4n) is 1.94. The average Bonchev–Trinajstić information content (AvgIpc) is 2.53. The normalized spacial score (nSPS) is 11.2. The number of halogens is 2. The van der Waals surface area contributed by atoms with Gasteiger partial charge in [-0.05, 0) is 24.3 Å². The van der Waals surface area contributed by atoms with Gasteiger partial charge in [0.25, 0.3) is 0 Å². The molecule has 3 rings (SSSR count). The van der Waals surface area contributed by atoms with Gasteiger partial charge in [-0.3, -0.25) is 4.98 Å². The fourth-order valence-corrected chi connectivity index (χ4v) is 2.15. The minimum atomic E-state index is -0.422. The molecular weight excluding hydrogens is 303 g/mol. The molecule has 0 N–H and O–H groups in total. The van der Waals surface area contributed by atoms with E-state index in [4.69, 9.17) is 11.6 Å². The summed E-state index contributed by atoms with van der Waals surface area (Å²) >= 11 is 5.96. The molecule has 3 aromatic rings. The molecule has 22 heavy (non-hydrogen) atoms. The Hall–Kier alpha value is -2.53. The summed E-state index contributed by atoms with van der Waals surface area (Å²) in [5, 5.41) is 6.00. The summed E-state index contributed by atoms with van der Waals surface area (Å²) in [6, 6.07) is 12.0. The smallest absolute Gasteiger partial charge is 0.167 e. The average molecular weight is 315 g/mol. The highest BCUT2D eigenvalue weighted by molar-refractivity contribution is 6.33. The number of anilines is 1. The van der Waals surface area contributed by atoms with Crippen molar-refractivity contribution < 1.29 is 4.39 Å². The lowest BCUT2D eigenvalue weighted by molar-refractivity contribution is 0.626. The minimum absolute atomic E-state index is 0.241. The molecule has 0 saturated heterocycles. The van der Waals surface area contributed by atoms with Crippen molar-refractivity contribution in [2.75, 3.05) is 12.1 Å². The maximum Gasteiger partial charge on any atom is 0.167 e. The van der Waals surface area contributed by atoms with E-state index in [-0.39, 0.29) is 5.56 Å². The SMILES string of the molecule is CN(N=Cc1c(F)cccc1Cl)c1cnc2ccccc2n1. The Balaban J connectivity index is 1.89. The van der Waals surface area contributed by atoms with Gasteiger partial charge in [0, 0.05) is 12.6 Å². The van der Waals surface area contributed by atoms with Gasteiger partial charge in [0.05, 0.1) is 28.5 Å². The monoisotopic (exact) mass is 314 g/mol. The Morgan fingerprint density at radius 1 is 1.14 bits per heavy atom. The maximum absolute atomic E-state index is 13.7. The van der Waals surface area contributed by atoms with Gasteiger partial charge < -0.3 is 0 Å². The van der Waals surface area contributed by atoms with Gasteiger partial charge in [-0.1, -0.05) is 29.8 Å². The second kappa shape index (κ2) is 6.07. The summed E-state index contributed by atoms with van der Waals surface area (Å²) in [7, 11) is 1.71. The largest absolute Gasteiger partial charge is 0.251 e. The summed E-state index contributed by atoms with van der Waals surface area (Å²) in [4.78, 5) is 8.77. The van der Waals surface area contributed by atoms with Gasteiger partial charge >= 0.3 is 0 Å². The van der Waals surface area contributed by atoms with Gasteiger partial charge in [-0.2, -0.15) is 5.10 Å². The number of aromatic nitrogens is 2. The van der Waals surface area contributed by atoms with Crippen molar-refractivity contribution in [2.45, 2.75) is 0 Å². The van der Waals surface area contributed by atoms with Gasteiger partial charge in [-0.25, -0.2) is 14.4 Å². The maximum atomic E-state index is 13.7. The van der Waals surface area contributed by atoms with Crippen LogP contribution < -0.4 is 5.01 Å². The highest BCUT2D eigenvalue weighted by atomic mass is 35.5. The van der Waals surface area contributed by atoms with Gasteiger partial charge in [0.2, 0.25) is 0 Å². The molecule has 0 aliphatic carbocycles. The standard InChI is InChI=1S/C16H12ClFN4/c1-22(20-9-11-12(17)5-4-6-13(11)18)16-10-19-14-7-2-3-8-15(14)21-16/h2-10H,1H3. The molecule has 110 valence electrons. The van der Waals surface area contributed by atoms with Crippen LogP contribution in [0.5, 0.6) is 0 Å². The third kappa shape index (κ3) is 2.89. The van der Waals surface area contributed by atoms with Crippen LogP contribution in [0.25, 0.3) is 11.0 Å². The predicted octanol–water partition coefficient (Wildman–Crippen LogP) is 3.89. The fraction of sp³-hybridized carbons (Fsp3) is 0.0625. The van der Waals surface area contributed by atoms with Crippen LogP contribution in [0.15, 0.2) is 53.8 Å². The van der Waals surface area contributed by atoms with Crippen LogP contribution in [0.3, 0.4) is 0 Å². The molecule has 0 saturated carbocycles. The van der Waals surface area contributed by atoms with Gasteiger partial charge in [0.1, 0.15) is 5.82 Å². The molecule has 0 fully saturated rings. The van der Waals surface area contributed by atoms with E-state index in [1.807, 2.05) is 24.3 Å². The van der Waals surface area contributed by atoms with E-state index >= 15 is 0 Å². The first-order chi connectivity index (χ1) is 10.6. The zero-order valence-electron chi connectivity index (χ0n) is 11.7. The number of hydrazone groups is 1.